The number of likely N-dealkylation sites (tertiary alicyclic amines) is 1. The summed E-state index contributed by atoms with van der Waals surface area (Å²) in [4.78, 5) is 18.7. The third kappa shape index (κ3) is 4.15. The van der Waals surface area contributed by atoms with Gasteiger partial charge in [-0.15, -0.1) is 0 Å². The molecule has 0 spiro atoms. The highest BCUT2D eigenvalue weighted by Gasteiger charge is 2.30. The van der Waals surface area contributed by atoms with Gasteiger partial charge in [0.2, 0.25) is 11.0 Å². The second kappa shape index (κ2) is 6.30. The smallest absolute Gasteiger partial charge is 0.227 e. The number of nitrogens with zero attached hydrogens (tertiary/aromatic N) is 3. The topological polar surface area (TPSA) is 58.1 Å². The molecule has 1 saturated heterocycles. The van der Waals surface area contributed by atoms with Gasteiger partial charge in [-0.05, 0) is 12.8 Å². The predicted molar refractivity (Wildman–Crippen MR) is 86.7 cm³/mol. The van der Waals surface area contributed by atoms with Crippen molar-refractivity contribution in [2.45, 2.75) is 59.4 Å². The molecule has 1 fully saturated rings. The van der Waals surface area contributed by atoms with E-state index in [0.29, 0.717) is 12.0 Å². The van der Waals surface area contributed by atoms with Crippen molar-refractivity contribution in [2.24, 2.45) is 5.41 Å². The highest BCUT2D eigenvalue weighted by Crippen LogP contribution is 2.24. The van der Waals surface area contributed by atoms with Gasteiger partial charge in [-0.2, -0.15) is 4.37 Å². The molecule has 1 N–H and O–H groups in total. The molecular formula is C15H26N4OS. The van der Waals surface area contributed by atoms with Crippen molar-refractivity contribution in [1.82, 2.24) is 14.3 Å². The number of hydrogen-bond donors (Lipinski definition) is 1. The Morgan fingerprint density at radius 1 is 1.33 bits per heavy atom. The highest BCUT2D eigenvalue weighted by molar-refractivity contribution is 7.09. The van der Waals surface area contributed by atoms with Gasteiger partial charge in [0.15, 0.2) is 0 Å². The number of carbonyl (C=O) groups is 1. The number of nitrogens with one attached hydrogen (secondary N) is 1. The van der Waals surface area contributed by atoms with Crippen LogP contribution in [0.1, 0.15) is 59.2 Å². The van der Waals surface area contributed by atoms with E-state index in [2.05, 4.69) is 28.5 Å². The average Bonchev–Trinajstić information content (AvgIpc) is 2.86. The Kier molecular flexibility index (Phi) is 4.86. The van der Waals surface area contributed by atoms with E-state index in [0.717, 1.165) is 36.9 Å². The summed E-state index contributed by atoms with van der Waals surface area (Å²) in [6, 6.07) is 0.391. The third-order valence-electron chi connectivity index (χ3n) is 3.71. The summed E-state index contributed by atoms with van der Waals surface area (Å²) in [6.45, 7) is 11.8. The molecule has 0 unspecified atom stereocenters. The number of aromatic nitrogens is 2. The Hall–Kier alpha value is -1.17. The molecule has 1 aliphatic rings. The van der Waals surface area contributed by atoms with E-state index in [4.69, 9.17) is 0 Å². The van der Waals surface area contributed by atoms with Gasteiger partial charge < -0.3 is 10.2 Å². The van der Waals surface area contributed by atoms with Crippen molar-refractivity contribution in [1.29, 1.82) is 0 Å². The highest BCUT2D eigenvalue weighted by atomic mass is 32.1. The molecule has 118 valence electrons. The molecule has 2 rings (SSSR count). The maximum Gasteiger partial charge on any atom is 0.227 e. The van der Waals surface area contributed by atoms with E-state index in [9.17, 15) is 4.79 Å². The maximum atomic E-state index is 12.2. The summed E-state index contributed by atoms with van der Waals surface area (Å²) in [5, 5.41) is 4.36. The second-order valence-corrected chi connectivity index (χ2v) is 7.83. The summed E-state index contributed by atoms with van der Waals surface area (Å²) in [5.74, 6) is 1.52. The van der Waals surface area contributed by atoms with Crippen molar-refractivity contribution in [3.8, 4) is 0 Å². The Morgan fingerprint density at radius 2 is 1.95 bits per heavy atom. The van der Waals surface area contributed by atoms with E-state index in [-0.39, 0.29) is 11.3 Å². The van der Waals surface area contributed by atoms with E-state index in [1.165, 1.54) is 11.5 Å². The Bertz CT molecular complexity index is 484. The summed E-state index contributed by atoms with van der Waals surface area (Å²) in [7, 11) is 0. The number of rotatable bonds is 3. The van der Waals surface area contributed by atoms with Gasteiger partial charge in [-0.1, -0.05) is 34.6 Å². The zero-order chi connectivity index (χ0) is 15.6. The Morgan fingerprint density at radius 3 is 2.43 bits per heavy atom. The molecular weight excluding hydrogens is 284 g/mol. The molecule has 0 bridgehead atoms. The van der Waals surface area contributed by atoms with Gasteiger partial charge in [0.05, 0.1) is 0 Å². The lowest BCUT2D eigenvalue weighted by Crippen LogP contribution is -2.46. The predicted octanol–water partition coefficient (Wildman–Crippen LogP) is 3.11. The lowest BCUT2D eigenvalue weighted by Gasteiger charge is -2.35. The first-order valence-electron chi connectivity index (χ1n) is 7.67. The van der Waals surface area contributed by atoms with Crippen molar-refractivity contribution >= 4 is 22.6 Å². The molecule has 0 atom stereocenters. The van der Waals surface area contributed by atoms with Crippen LogP contribution >= 0.6 is 11.5 Å². The van der Waals surface area contributed by atoms with Crippen LogP contribution in [0.25, 0.3) is 0 Å². The lowest BCUT2D eigenvalue weighted by atomic mass is 9.93. The zero-order valence-corrected chi connectivity index (χ0v) is 14.5. The second-order valence-electron chi connectivity index (χ2n) is 7.07. The van der Waals surface area contributed by atoms with Crippen molar-refractivity contribution < 1.29 is 4.79 Å². The summed E-state index contributed by atoms with van der Waals surface area (Å²) < 4.78 is 4.36. The van der Waals surface area contributed by atoms with Crippen molar-refractivity contribution in [2.75, 3.05) is 18.4 Å². The molecule has 0 saturated carbocycles. The minimum Gasteiger partial charge on any atom is -0.357 e. The third-order valence-corrected chi connectivity index (χ3v) is 4.37. The summed E-state index contributed by atoms with van der Waals surface area (Å²) in [5.41, 5.74) is -0.286. The molecule has 0 aliphatic carbocycles. The maximum absolute atomic E-state index is 12.2. The van der Waals surface area contributed by atoms with Crippen LogP contribution in [-0.2, 0) is 4.79 Å². The van der Waals surface area contributed by atoms with Gasteiger partial charge >= 0.3 is 0 Å². The number of piperidine rings is 1. The van der Waals surface area contributed by atoms with Gasteiger partial charge in [0, 0.05) is 42.0 Å². The molecule has 1 aromatic rings. The zero-order valence-electron chi connectivity index (χ0n) is 13.6. The average molecular weight is 310 g/mol. The first kappa shape index (κ1) is 16.2. The summed E-state index contributed by atoms with van der Waals surface area (Å²) >= 11 is 1.43. The van der Waals surface area contributed by atoms with Crippen LogP contribution in [0, 0.1) is 5.41 Å². The molecule has 0 aromatic carbocycles. The van der Waals surface area contributed by atoms with Crippen molar-refractivity contribution in [3.05, 3.63) is 5.82 Å². The fourth-order valence-electron chi connectivity index (χ4n) is 2.40. The van der Waals surface area contributed by atoms with Crippen LogP contribution < -0.4 is 5.32 Å². The van der Waals surface area contributed by atoms with Gasteiger partial charge in [0.1, 0.15) is 5.82 Å². The van der Waals surface area contributed by atoms with Crippen LogP contribution in [-0.4, -0.2) is 39.3 Å². The van der Waals surface area contributed by atoms with E-state index in [1.54, 1.807) is 0 Å². The monoisotopic (exact) mass is 310 g/mol. The minimum absolute atomic E-state index is 0.249. The quantitative estimate of drug-likeness (QED) is 0.932. The Labute approximate surface area is 131 Å². The molecule has 6 heteroatoms. The van der Waals surface area contributed by atoms with Gasteiger partial charge in [0.25, 0.3) is 0 Å². The standard InChI is InChI=1S/C15H26N4OS/c1-10(2)12-17-14(21-18-12)16-11-6-8-19(9-7-11)13(20)15(3,4)5/h10-11H,6-9H2,1-5H3,(H,16,17,18). The fraction of sp³-hybridized carbons (Fsp3) is 0.800. The number of carbonyl (C=O) groups excluding carboxylic acids is 1. The first-order valence-corrected chi connectivity index (χ1v) is 8.44. The normalized spacial score (nSPS) is 17.3. The van der Waals surface area contributed by atoms with Crippen molar-refractivity contribution in [3.63, 3.8) is 0 Å². The first-order chi connectivity index (χ1) is 9.77. The number of anilines is 1. The lowest BCUT2D eigenvalue weighted by molar-refractivity contribution is -0.140. The number of hydrogen-bond acceptors (Lipinski definition) is 5. The summed E-state index contributed by atoms with van der Waals surface area (Å²) in [6.07, 6.45) is 1.94. The molecule has 2 heterocycles. The molecule has 1 amide bonds. The number of amides is 1. The minimum atomic E-state index is -0.286. The van der Waals surface area contributed by atoms with E-state index in [1.807, 2.05) is 25.7 Å². The van der Waals surface area contributed by atoms with E-state index < -0.39 is 0 Å². The van der Waals surface area contributed by atoms with Crippen LogP contribution in [0.15, 0.2) is 0 Å². The van der Waals surface area contributed by atoms with Crippen LogP contribution in [0.3, 0.4) is 0 Å². The molecule has 21 heavy (non-hydrogen) atoms. The molecule has 0 radical (unpaired) electrons. The molecule has 1 aliphatic heterocycles. The molecule has 5 nitrogen and oxygen atoms in total. The molecule has 1 aromatic heterocycles. The van der Waals surface area contributed by atoms with Gasteiger partial charge in [-0.25, -0.2) is 4.98 Å². The van der Waals surface area contributed by atoms with Crippen LogP contribution in [0.4, 0.5) is 5.13 Å². The SMILES string of the molecule is CC(C)c1nsc(NC2CCN(C(=O)C(C)(C)C)CC2)n1. The van der Waals surface area contributed by atoms with E-state index >= 15 is 0 Å². The Balaban J connectivity index is 1.85. The van der Waals surface area contributed by atoms with Crippen LogP contribution in [0.5, 0.6) is 0 Å². The fourth-order valence-corrected chi connectivity index (χ4v) is 3.19. The van der Waals surface area contributed by atoms with Gasteiger partial charge in [-0.3, -0.25) is 4.79 Å². The van der Waals surface area contributed by atoms with Crippen LogP contribution in [0.2, 0.25) is 0 Å². The largest absolute Gasteiger partial charge is 0.357 e.